The van der Waals surface area contributed by atoms with E-state index < -0.39 is 11.0 Å². The Hall–Kier alpha value is -3.13. The largest absolute Gasteiger partial charge is 0.484 e. The fourth-order valence-corrected chi connectivity index (χ4v) is 2.72. The number of nitro benzene ring substituents is 1. The summed E-state index contributed by atoms with van der Waals surface area (Å²) >= 11 is 0. The van der Waals surface area contributed by atoms with Crippen LogP contribution in [0.25, 0.3) is 11.0 Å². The molecule has 0 fully saturated rings. The number of nitrogens with zero attached hydrogens (tertiary/aromatic N) is 3. The van der Waals surface area contributed by atoms with Crippen LogP contribution >= 0.6 is 0 Å². The number of aliphatic hydroxyl groups excluding tert-OH is 1. The summed E-state index contributed by atoms with van der Waals surface area (Å²) in [6, 6.07) is 13.2. The van der Waals surface area contributed by atoms with Crippen molar-refractivity contribution in [3.05, 3.63) is 69.1 Å². The van der Waals surface area contributed by atoms with Gasteiger partial charge in [-0.3, -0.25) is 19.2 Å². The number of hydrogen-bond donors (Lipinski definition) is 1. The summed E-state index contributed by atoms with van der Waals surface area (Å²) in [5, 5.41) is 21.2. The van der Waals surface area contributed by atoms with Crippen LogP contribution < -0.4 is 10.4 Å². The average Bonchev–Trinajstić information content (AvgIpc) is 2.85. The molecule has 1 atom stereocenters. The van der Waals surface area contributed by atoms with Crippen molar-refractivity contribution in [1.82, 2.24) is 9.13 Å². The Kier molecular flexibility index (Phi) is 4.53. The molecule has 0 radical (unpaired) electrons. The van der Waals surface area contributed by atoms with E-state index in [4.69, 9.17) is 4.74 Å². The van der Waals surface area contributed by atoms with E-state index in [0.717, 1.165) is 5.52 Å². The highest BCUT2D eigenvalue weighted by molar-refractivity contribution is 5.75. The molecule has 1 aromatic heterocycles. The molecule has 1 N–H and O–H groups in total. The van der Waals surface area contributed by atoms with Gasteiger partial charge in [-0.2, -0.15) is 0 Å². The van der Waals surface area contributed by atoms with Crippen LogP contribution in [0, 0.1) is 10.1 Å². The van der Waals surface area contributed by atoms with E-state index in [9.17, 15) is 20.0 Å². The average molecular weight is 343 g/mol. The van der Waals surface area contributed by atoms with Gasteiger partial charge in [-0.05, 0) is 18.2 Å². The van der Waals surface area contributed by atoms with Crippen molar-refractivity contribution in [3.8, 4) is 5.75 Å². The molecule has 3 rings (SSSR count). The number of aliphatic hydroxyl groups is 1. The number of para-hydroxylation sites is 4. The van der Waals surface area contributed by atoms with Crippen LogP contribution in [0.15, 0.2) is 53.3 Å². The second-order valence-corrected chi connectivity index (χ2v) is 5.63. The molecule has 8 heteroatoms. The summed E-state index contributed by atoms with van der Waals surface area (Å²) in [4.78, 5) is 22.7. The van der Waals surface area contributed by atoms with Gasteiger partial charge in [-0.15, -0.1) is 0 Å². The first kappa shape index (κ1) is 16.7. The van der Waals surface area contributed by atoms with Gasteiger partial charge in [0.15, 0.2) is 5.75 Å². The van der Waals surface area contributed by atoms with Crippen molar-refractivity contribution in [2.75, 3.05) is 6.61 Å². The Balaban J connectivity index is 1.76. The predicted octanol–water partition coefficient (Wildman–Crippen LogP) is 1.69. The predicted molar refractivity (Wildman–Crippen MR) is 91.8 cm³/mol. The van der Waals surface area contributed by atoms with E-state index in [-0.39, 0.29) is 30.3 Å². The maximum absolute atomic E-state index is 12.3. The first-order valence-electron chi connectivity index (χ1n) is 7.67. The molecule has 0 amide bonds. The van der Waals surface area contributed by atoms with E-state index in [1.54, 1.807) is 19.2 Å². The number of aryl methyl sites for hydroxylation is 1. The van der Waals surface area contributed by atoms with Crippen LogP contribution in [0.2, 0.25) is 0 Å². The molecule has 130 valence electrons. The van der Waals surface area contributed by atoms with E-state index in [1.807, 2.05) is 18.2 Å². The highest BCUT2D eigenvalue weighted by Crippen LogP contribution is 2.25. The second-order valence-electron chi connectivity index (χ2n) is 5.63. The second kappa shape index (κ2) is 6.78. The van der Waals surface area contributed by atoms with Crippen LogP contribution in [0.1, 0.15) is 0 Å². The smallest absolute Gasteiger partial charge is 0.328 e. The molecule has 8 nitrogen and oxygen atoms in total. The monoisotopic (exact) mass is 343 g/mol. The zero-order valence-corrected chi connectivity index (χ0v) is 13.5. The minimum Gasteiger partial charge on any atom is -0.484 e. The lowest BCUT2D eigenvalue weighted by molar-refractivity contribution is -0.385. The van der Waals surface area contributed by atoms with Gasteiger partial charge in [-0.25, -0.2) is 4.79 Å². The Morgan fingerprint density at radius 3 is 2.52 bits per heavy atom. The lowest BCUT2D eigenvalue weighted by Gasteiger charge is -2.13. The van der Waals surface area contributed by atoms with E-state index in [0.29, 0.717) is 5.52 Å². The third-order valence-corrected chi connectivity index (χ3v) is 3.94. The van der Waals surface area contributed by atoms with Gasteiger partial charge in [-0.1, -0.05) is 24.3 Å². The molecule has 3 aromatic rings. The Morgan fingerprint density at radius 2 is 1.80 bits per heavy atom. The number of imidazole rings is 1. The molecule has 0 aliphatic rings. The van der Waals surface area contributed by atoms with Crippen molar-refractivity contribution in [2.24, 2.45) is 7.05 Å². The summed E-state index contributed by atoms with van der Waals surface area (Å²) in [6.07, 6.45) is -0.997. The maximum atomic E-state index is 12.3. The molecular formula is C17H17N3O5. The van der Waals surface area contributed by atoms with Gasteiger partial charge in [0.25, 0.3) is 0 Å². The lowest BCUT2D eigenvalue weighted by Crippen LogP contribution is -2.30. The van der Waals surface area contributed by atoms with Crippen LogP contribution in [0.3, 0.4) is 0 Å². The van der Waals surface area contributed by atoms with E-state index >= 15 is 0 Å². The molecule has 0 spiro atoms. The minimum atomic E-state index is -0.997. The summed E-state index contributed by atoms with van der Waals surface area (Å²) < 4.78 is 8.34. The summed E-state index contributed by atoms with van der Waals surface area (Å²) in [7, 11) is 1.66. The normalized spacial score (nSPS) is 12.2. The van der Waals surface area contributed by atoms with E-state index in [1.165, 1.54) is 27.3 Å². The molecule has 0 saturated carbocycles. The number of rotatable bonds is 6. The summed E-state index contributed by atoms with van der Waals surface area (Å²) in [6.45, 7) is -0.138. The molecular weight excluding hydrogens is 326 g/mol. The standard InChI is InChI=1S/C17H17N3O5/c1-18-13-6-2-3-7-14(13)19(17(18)22)10-12(21)11-25-16-9-5-4-8-15(16)20(23)24/h2-9,12,21H,10-11H2,1H3. The highest BCUT2D eigenvalue weighted by atomic mass is 16.6. The molecule has 2 aromatic carbocycles. The number of hydrogen-bond acceptors (Lipinski definition) is 5. The first-order valence-corrected chi connectivity index (χ1v) is 7.67. The molecule has 0 bridgehead atoms. The molecule has 1 heterocycles. The number of aromatic nitrogens is 2. The zero-order valence-electron chi connectivity index (χ0n) is 13.5. The third kappa shape index (κ3) is 3.24. The Morgan fingerprint density at radius 1 is 1.16 bits per heavy atom. The number of nitro groups is 1. The minimum absolute atomic E-state index is 0.0286. The molecule has 25 heavy (non-hydrogen) atoms. The van der Waals surface area contributed by atoms with Gasteiger partial charge < -0.3 is 9.84 Å². The van der Waals surface area contributed by atoms with E-state index in [2.05, 4.69) is 0 Å². The van der Waals surface area contributed by atoms with Gasteiger partial charge in [0, 0.05) is 13.1 Å². The summed E-state index contributed by atoms with van der Waals surface area (Å²) in [5.74, 6) is 0.0804. The van der Waals surface area contributed by atoms with Crippen molar-refractivity contribution in [2.45, 2.75) is 12.6 Å². The van der Waals surface area contributed by atoms with Gasteiger partial charge in [0.2, 0.25) is 0 Å². The van der Waals surface area contributed by atoms with Crippen LogP contribution in [-0.4, -0.2) is 31.9 Å². The van der Waals surface area contributed by atoms with Crippen molar-refractivity contribution < 1.29 is 14.8 Å². The SMILES string of the molecule is Cn1c(=O)n(CC(O)COc2ccccc2[N+](=O)[O-])c2ccccc21. The lowest BCUT2D eigenvalue weighted by atomic mass is 10.3. The molecule has 0 saturated heterocycles. The van der Waals surface area contributed by atoms with Gasteiger partial charge >= 0.3 is 11.4 Å². The van der Waals surface area contributed by atoms with Crippen LogP contribution in [0.4, 0.5) is 5.69 Å². The van der Waals surface area contributed by atoms with Crippen molar-refractivity contribution in [1.29, 1.82) is 0 Å². The first-order chi connectivity index (χ1) is 12.0. The molecule has 0 aliphatic heterocycles. The number of ether oxygens (including phenoxy) is 1. The van der Waals surface area contributed by atoms with Crippen LogP contribution in [-0.2, 0) is 13.6 Å². The third-order valence-electron chi connectivity index (χ3n) is 3.94. The number of benzene rings is 2. The van der Waals surface area contributed by atoms with Gasteiger partial charge in [0.1, 0.15) is 12.7 Å². The number of fused-ring (bicyclic) bond motifs is 1. The van der Waals surface area contributed by atoms with Crippen LogP contribution in [0.5, 0.6) is 5.75 Å². The fraction of sp³-hybridized carbons (Fsp3) is 0.235. The topological polar surface area (TPSA) is 99.5 Å². The quantitative estimate of drug-likeness (QED) is 0.542. The Labute approximate surface area is 142 Å². The van der Waals surface area contributed by atoms with Gasteiger partial charge in [0.05, 0.1) is 22.5 Å². The van der Waals surface area contributed by atoms with Crippen molar-refractivity contribution >= 4 is 16.7 Å². The summed E-state index contributed by atoms with van der Waals surface area (Å²) in [5.41, 5.74) is 1.06. The molecule has 1 unspecified atom stereocenters. The zero-order chi connectivity index (χ0) is 18.0. The highest BCUT2D eigenvalue weighted by Gasteiger charge is 2.17. The fourth-order valence-electron chi connectivity index (χ4n) is 2.72. The maximum Gasteiger partial charge on any atom is 0.328 e. The van der Waals surface area contributed by atoms with Crippen molar-refractivity contribution in [3.63, 3.8) is 0 Å². The Bertz CT molecular complexity index is 976. The molecule has 0 aliphatic carbocycles.